The van der Waals surface area contributed by atoms with Crippen molar-refractivity contribution in [1.29, 1.82) is 0 Å². The minimum absolute atomic E-state index is 0.354. The molecule has 1 N–H and O–H groups in total. The summed E-state index contributed by atoms with van der Waals surface area (Å²) in [6, 6.07) is 6.67. The molecule has 4 rings (SSSR count). The molecule has 0 saturated heterocycles. The minimum atomic E-state index is -4.45. The van der Waals surface area contributed by atoms with Crippen molar-refractivity contribution >= 4 is 11.0 Å². The molecular weight excluding hydrogens is 317 g/mol. The van der Waals surface area contributed by atoms with Gasteiger partial charge in [-0.2, -0.15) is 18.3 Å². The minimum Gasteiger partial charge on any atom is -0.357 e. The fourth-order valence-corrected chi connectivity index (χ4v) is 3.47. The van der Waals surface area contributed by atoms with Crippen molar-refractivity contribution in [2.45, 2.75) is 37.8 Å². The number of hydrogen-bond donors (Lipinski definition) is 1. The maximum atomic E-state index is 12.8. The van der Waals surface area contributed by atoms with E-state index in [4.69, 9.17) is 0 Å². The molecule has 0 radical (unpaired) electrons. The van der Waals surface area contributed by atoms with Crippen molar-refractivity contribution in [2.24, 2.45) is 7.05 Å². The molecule has 1 aliphatic carbocycles. The summed E-state index contributed by atoms with van der Waals surface area (Å²) in [5.41, 5.74) is 2.82. The number of aromatic amines is 1. The van der Waals surface area contributed by atoms with Crippen LogP contribution in [0.4, 0.5) is 13.2 Å². The van der Waals surface area contributed by atoms with Gasteiger partial charge in [-0.3, -0.25) is 4.68 Å². The van der Waals surface area contributed by atoms with Gasteiger partial charge in [-0.05, 0) is 43.0 Å². The number of nitrogens with zero attached hydrogens (tertiary/aromatic N) is 3. The maximum absolute atomic E-state index is 12.8. The van der Waals surface area contributed by atoms with Gasteiger partial charge in [0.25, 0.3) is 0 Å². The smallest absolute Gasteiger partial charge is 0.357 e. The SMILES string of the molecule is Cn1nc(C(F)(F)F)cc1-c1ccc2[nH]c(C3CCCC3)cc2n1. The average molecular weight is 334 g/mol. The molecule has 1 saturated carbocycles. The predicted octanol–water partition coefficient (Wildman–Crippen LogP) is 4.64. The third kappa shape index (κ3) is 2.57. The lowest BCUT2D eigenvalue weighted by Crippen LogP contribution is -2.06. The highest BCUT2D eigenvalue weighted by Crippen LogP contribution is 2.35. The Hall–Kier alpha value is -2.31. The van der Waals surface area contributed by atoms with E-state index in [1.165, 1.54) is 43.1 Å². The van der Waals surface area contributed by atoms with Gasteiger partial charge in [0.1, 0.15) is 0 Å². The van der Waals surface area contributed by atoms with Crippen LogP contribution in [0.1, 0.15) is 43.0 Å². The summed E-state index contributed by atoms with van der Waals surface area (Å²) in [7, 11) is 1.50. The molecule has 1 aliphatic rings. The quantitative estimate of drug-likeness (QED) is 0.742. The third-order valence-corrected chi connectivity index (χ3v) is 4.72. The molecule has 0 bridgehead atoms. The lowest BCUT2D eigenvalue weighted by molar-refractivity contribution is -0.141. The Bertz CT molecular complexity index is 885. The number of halogens is 3. The van der Waals surface area contributed by atoms with Crippen LogP contribution < -0.4 is 0 Å². The van der Waals surface area contributed by atoms with Crippen molar-refractivity contribution in [1.82, 2.24) is 19.7 Å². The van der Waals surface area contributed by atoms with E-state index >= 15 is 0 Å². The summed E-state index contributed by atoms with van der Waals surface area (Å²) < 4.78 is 39.7. The second kappa shape index (κ2) is 5.36. The fraction of sp³-hybridized carbons (Fsp3) is 0.412. The average Bonchev–Trinajstić information content (AvgIpc) is 3.24. The summed E-state index contributed by atoms with van der Waals surface area (Å²) >= 11 is 0. The molecule has 126 valence electrons. The first-order valence-corrected chi connectivity index (χ1v) is 8.03. The molecule has 1 fully saturated rings. The number of hydrogen-bond acceptors (Lipinski definition) is 2. The van der Waals surface area contributed by atoms with Gasteiger partial charge < -0.3 is 4.98 Å². The van der Waals surface area contributed by atoms with Crippen molar-refractivity contribution in [3.63, 3.8) is 0 Å². The van der Waals surface area contributed by atoms with E-state index in [1.54, 1.807) is 6.07 Å². The van der Waals surface area contributed by atoms with Gasteiger partial charge in [-0.1, -0.05) is 12.8 Å². The second-order valence-corrected chi connectivity index (χ2v) is 6.37. The van der Waals surface area contributed by atoms with Gasteiger partial charge in [0, 0.05) is 12.7 Å². The van der Waals surface area contributed by atoms with Crippen LogP contribution in [0.3, 0.4) is 0 Å². The van der Waals surface area contributed by atoms with Crippen molar-refractivity contribution in [2.75, 3.05) is 0 Å². The number of nitrogens with one attached hydrogen (secondary N) is 1. The molecule has 0 aromatic carbocycles. The van der Waals surface area contributed by atoms with E-state index in [2.05, 4.69) is 15.1 Å². The highest BCUT2D eigenvalue weighted by Gasteiger charge is 2.34. The predicted molar refractivity (Wildman–Crippen MR) is 84.5 cm³/mol. The number of alkyl halides is 3. The van der Waals surface area contributed by atoms with E-state index in [0.717, 1.165) is 17.1 Å². The first-order chi connectivity index (χ1) is 11.4. The van der Waals surface area contributed by atoms with E-state index in [1.807, 2.05) is 12.1 Å². The first kappa shape index (κ1) is 15.2. The fourth-order valence-electron chi connectivity index (χ4n) is 3.47. The normalized spacial score (nSPS) is 16.3. The van der Waals surface area contributed by atoms with Gasteiger partial charge in [0.2, 0.25) is 0 Å². The van der Waals surface area contributed by atoms with Crippen molar-refractivity contribution in [3.8, 4) is 11.4 Å². The summed E-state index contributed by atoms with van der Waals surface area (Å²) in [6.07, 6.45) is 0.387. The van der Waals surface area contributed by atoms with Gasteiger partial charge in [0.05, 0.1) is 22.4 Å². The number of H-pyrrole nitrogens is 1. The number of aromatic nitrogens is 4. The molecule has 0 aliphatic heterocycles. The van der Waals surface area contributed by atoms with Crippen LogP contribution in [0.2, 0.25) is 0 Å². The molecule has 24 heavy (non-hydrogen) atoms. The third-order valence-electron chi connectivity index (χ3n) is 4.72. The van der Waals surface area contributed by atoms with Crippen LogP contribution >= 0.6 is 0 Å². The monoisotopic (exact) mass is 334 g/mol. The van der Waals surface area contributed by atoms with Crippen LogP contribution in [0, 0.1) is 0 Å². The zero-order valence-electron chi connectivity index (χ0n) is 13.2. The van der Waals surface area contributed by atoms with E-state index < -0.39 is 11.9 Å². The topological polar surface area (TPSA) is 46.5 Å². The molecule has 0 amide bonds. The summed E-state index contributed by atoms with van der Waals surface area (Å²) in [4.78, 5) is 7.93. The Kier molecular flexibility index (Phi) is 3.40. The molecule has 0 unspecified atom stereocenters. The molecule has 0 spiro atoms. The molecule has 4 nitrogen and oxygen atoms in total. The van der Waals surface area contributed by atoms with Gasteiger partial charge in [-0.25, -0.2) is 4.98 Å². The van der Waals surface area contributed by atoms with Crippen LogP contribution in [0.5, 0.6) is 0 Å². The van der Waals surface area contributed by atoms with Crippen LogP contribution in [0.25, 0.3) is 22.4 Å². The second-order valence-electron chi connectivity index (χ2n) is 6.37. The van der Waals surface area contributed by atoms with E-state index in [-0.39, 0.29) is 0 Å². The maximum Gasteiger partial charge on any atom is 0.435 e. The Morgan fingerprint density at radius 3 is 2.58 bits per heavy atom. The molecule has 0 atom stereocenters. The van der Waals surface area contributed by atoms with Crippen LogP contribution in [0.15, 0.2) is 24.3 Å². The van der Waals surface area contributed by atoms with Gasteiger partial charge >= 0.3 is 6.18 Å². The Morgan fingerprint density at radius 1 is 1.17 bits per heavy atom. The van der Waals surface area contributed by atoms with Crippen molar-refractivity contribution in [3.05, 3.63) is 35.7 Å². The summed E-state index contributed by atoms with van der Waals surface area (Å²) in [5.74, 6) is 0.538. The van der Waals surface area contributed by atoms with E-state index in [0.29, 0.717) is 17.3 Å². The lowest BCUT2D eigenvalue weighted by Gasteiger charge is -2.04. The lowest BCUT2D eigenvalue weighted by atomic mass is 10.1. The van der Waals surface area contributed by atoms with Gasteiger partial charge in [0.15, 0.2) is 5.69 Å². The van der Waals surface area contributed by atoms with Crippen LogP contribution in [-0.2, 0) is 13.2 Å². The Morgan fingerprint density at radius 2 is 1.92 bits per heavy atom. The standard InChI is InChI=1S/C17H17F3N4/c1-24-15(9-16(23-24)17(18,19)20)12-7-6-11-14(22-12)8-13(21-11)10-4-2-3-5-10/h6-10,21H,2-5H2,1H3. The zero-order valence-corrected chi connectivity index (χ0v) is 13.2. The first-order valence-electron chi connectivity index (χ1n) is 8.03. The van der Waals surface area contributed by atoms with Gasteiger partial charge in [-0.15, -0.1) is 0 Å². The van der Waals surface area contributed by atoms with Crippen molar-refractivity contribution < 1.29 is 13.2 Å². The number of pyridine rings is 1. The van der Waals surface area contributed by atoms with Crippen LogP contribution in [-0.4, -0.2) is 19.7 Å². The number of rotatable bonds is 2. The largest absolute Gasteiger partial charge is 0.435 e. The summed E-state index contributed by atoms with van der Waals surface area (Å²) in [5, 5.41) is 3.55. The number of fused-ring (bicyclic) bond motifs is 1. The summed E-state index contributed by atoms with van der Waals surface area (Å²) in [6.45, 7) is 0. The van der Waals surface area contributed by atoms with E-state index in [9.17, 15) is 13.2 Å². The molecule has 3 aromatic rings. The molecule has 7 heteroatoms. The Balaban J connectivity index is 1.73. The zero-order chi connectivity index (χ0) is 16.9. The number of aryl methyl sites for hydroxylation is 1. The molecule has 3 heterocycles. The molecular formula is C17H17F3N4. The Labute approximate surface area is 136 Å². The highest BCUT2D eigenvalue weighted by molar-refractivity contribution is 5.79. The highest BCUT2D eigenvalue weighted by atomic mass is 19.4. The molecule has 3 aromatic heterocycles.